The zero-order chi connectivity index (χ0) is 14.3. The first-order valence-electron chi connectivity index (χ1n) is 6.06. The van der Waals surface area contributed by atoms with Gasteiger partial charge in [-0.1, -0.05) is 29.8 Å². The molecule has 19 heavy (non-hydrogen) atoms. The van der Waals surface area contributed by atoms with Crippen LogP contribution in [0.5, 0.6) is 0 Å². The molecule has 0 saturated carbocycles. The third-order valence-corrected chi connectivity index (χ3v) is 2.46. The average Bonchev–Trinajstić information content (AvgIpc) is 2.38. The summed E-state index contributed by atoms with van der Waals surface area (Å²) in [6, 6.07) is 7.51. The van der Waals surface area contributed by atoms with E-state index in [-0.39, 0.29) is 24.6 Å². The molecule has 0 heterocycles. The molecule has 0 aromatic heterocycles. The summed E-state index contributed by atoms with van der Waals surface area (Å²) in [6.45, 7) is 3.75. The quantitative estimate of drug-likeness (QED) is 0.341. The van der Waals surface area contributed by atoms with Gasteiger partial charge in [-0.2, -0.15) is 0 Å². The Morgan fingerprint density at radius 1 is 1.21 bits per heavy atom. The Bertz CT molecular complexity index is 451. The molecule has 1 aromatic carbocycles. The highest BCUT2D eigenvalue weighted by Crippen LogP contribution is 2.11. The van der Waals surface area contributed by atoms with Gasteiger partial charge < -0.3 is 9.47 Å². The van der Waals surface area contributed by atoms with Gasteiger partial charge in [0.1, 0.15) is 12.2 Å². The Balaban J connectivity index is 3.04. The van der Waals surface area contributed by atoms with Crippen molar-refractivity contribution < 1.29 is 19.1 Å². The molecule has 0 aliphatic carbocycles. The third-order valence-electron chi connectivity index (χ3n) is 2.46. The van der Waals surface area contributed by atoms with Crippen LogP contribution < -0.4 is 0 Å². The molecule has 0 saturated heterocycles. The van der Waals surface area contributed by atoms with Crippen molar-refractivity contribution in [1.82, 2.24) is 0 Å². The van der Waals surface area contributed by atoms with Crippen molar-refractivity contribution in [3.63, 3.8) is 0 Å². The highest BCUT2D eigenvalue weighted by Gasteiger charge is 2.19. The molecule has 4 heteroatoms. The van der Waals surface area contributed by atoms with Crippen molar-refractivity contribution in [1.29, 1.82) is 0 Å². The average molecular weight is 262 g/mol. The minimum absolute atomic E-state index is 0.00699. The van der Waals surface area contributed by atoms with E-state index in [9.17, 15) is 9.59 Å². The summed E-state index contributed by atoms with van der Waals surface area (Å²) in [5.74, 6) is -1.01. The first-order valence-corrected chi connectivity index (χ1v) is 6.06. The van der Waals surface area contributed by atoms with Crippen LogP contribution in [-0.4, -0.2) is 32.1 Å². The lowest BCUT2D eigenvalue weighted by molar-refractivity contribution is -0.140. The van der Waals surface area contributed by atoms with Gasteiger partial charge in [-0.15, -0.1) is 0 Å². The smallest absolute Gasteiger partial charge is 0.341 e. The van der Waals surface area contributed by atoms with Crippen LogP contribution in [0.25, 0.3) is 6.08 Å². The summed E-state index contributed by atoms with van der Waals surface area (Å²) in [5, 5.41) is 0. The Morgan fingerprint density at radius 2 is 1.84 bits per heavy atom. The van der Waals surface area contributed by atoms with E-state index in [1.165, 1.54) is 13.2 Å². The van der Waals surface area contributed by atoms with Crippen LogP contribution in [0, 0.1) is 6.92 Å². The number of aryl methyl sites for hydroxylation is 1. The number of carbonyl (C=O) groups is 2. The molecule has 0 aliphatic heterocycles. The molecule has 1 aromatic rings. The van der Waals surface area contributed by atoms with Crippen molar-refractivity contribution in [3.05, 3.63) is 41.0 Å². The fraction of sp³-hybridized carbons (Fsp3) is 0.333. The summed E-state index contributed by atoms with van der Waals surface area (Å²) in [7, 11) is 1.41. The number of ketones is 1. The summed E-state index contributed by atoms with van der Waals surface area (Å²) in [4.78, 5) is 23.6. The molecule has 0 aliphatic rings. The minimum Gasteiger partial charge on any atom is -0.462 e. The molecular formula is C15H18O4. The molecule has 0 amide bonds. The van der Waals surface area contributed by atoms with E-state index < -0.39 is 5.97 Å². The lowest BCUT2D eigenvalue weighted by Crippen LogP contribution is -2.19. The van der Waals surface area contributed by atoms with Gasteiger partial charge in [0.05, 0.1) is 6.61 Å². The van der Waals surface area contributed by atoms with Gasteiger partial charge in [0, 0.05) is 7.11 Å². The molecule has 0 N–H and O–H groups in total. The van der Waals surface area contributed by atoms with Crippen LogP contribution in [-0.2, 0) is 19.1 Å². The largest absolute Gasteiger partial charge is 0.462 e. The van der Waals surface area contributed by atoms with Crippen LogP contribution in [0.1, 0.15) is 18.1 Å². The number of hydrogen-bond donors (Lipinski definition) is 0. The van der Waals surface area contributed by atoms with Gasteiger partial charge in [-0.05, 0) is 25.5 Å². The number of hydrogen-bond acceptors (Lipinski definition) is 4. The Hall–Kier alpha value is -1.94. The van der Waals surface area contributed by atoms with E-state index >= 15 is 0 Å². The fourth-order valence-electron chi connectivity index (χ4n) is 1.50. The normalized spacial score (nSPS) is 11.2. The first kappa shape index (κ1) is 15.1. The zero-order valence-corrected chi connectivity index (χ0v) is 11.4. The van der Waals surface area contributed by atoms with E-state index in [0.29, 0.717) is 0 Å². The predicted molar refractivity (Wildman–Crippen MR) is 72.7 cm³/mol. The van der Waals surface area contributed by atoms with E-state index in [4.69, 9.17) is 9.47 Å². The van der Waals surface area contributed by atoms with Crippen molar-refractivity contribution >= 4 is 17.8 Å². The zero-order valence-electron chi connectivity index (χ0n) is 11.4. The molecule has 0 bridgehead atoms. The van der Waals surface area contributed by atoms with E-state index in [1.54, 1.807) is 6.92 Å². The van der Waals surface area contributed by atoms with Gasteiger partial charge in [-0.25, -0.2) is 4.79 Å². The number of benzene rings is 1. The molecule has 0 spiro atoms. The van der Waals surface area contributed by atoms with Gasteiger partial charge >= 0.3 is 5.97 Å². The Kier molecular flexibility index (Phi) is 5.96. The van der Waals surface area contributed by atoms with Crippen molar-refractivity contribution in [2.45, 2.75) is 13.8 Å². The molecule has 1 rings (SSSR count). The summed E-state index contributed by atoms with van der Waals surface area (Å²) in [5.41, 5.74) is 1.89. The van der Waals surface area contributed by atoms with Crippen molar-refractivity contribution in [2.75, 3.05) is 20.3 Å². The second kappa shape index (κ2) is 7.48. The summed E-state index contributed by atoms with van der Waals surface area (Å²) >= 11 is 0. The van der Waals surface area contributed by atoms with Gasteiger partial charge in [0.25, 0.3) is 0 Å². The van der Waals surface area contributed by atoms with Crippen LogP contribution in [0.15, 0.2) is 29.8 Å². The molecule has 4 nitrogen and oxygen atoms in total. The number of carbonyl (C=O) groups excluding carboxylic acids is 2. The first-order chi connectivity index (χ1) is 9.08. The highest BCUT2D eigenvalue weighted by atomic mass is 16.5. The van der Waals surface area contributed by atoms with Gasteiger partial charge in [-0.3, -0.25) is 4.79 Å². The summed E-state index contributed by atoms with van der Waals surface area (Å²) in [6.07, 6.45) is 1.53. The van der Waals surface area contributed by atoms with Crippen LogP contribution >= 0.6 is 0 Å². The van der Waals surface area contributed by atoms with E-state index in [1.807, 2.05) is 31.2 Å². The maximum absolute atomic E-state index is 11.8. The summed E-state index contributed by atoms with van der Waals surface area (Å²) < 4.78 is 9.66. The molecule has 0 fully saturated rings. The van der Waals surface area contributed by atoms with Gasteiger partial charge in [0.15, 0.2) is 5.78 Å². The van der Waals surface area contributed by atoms with Crippen LogP contribution in [0.3, 0.4) is 0 Å². The molecule has 0 unspecified atom stereocenters. The monoisotopic (exact) mass is 262 g/mol. The number of methoxy groups -OCH3 is 1. The second-order valence-electron chi connectivity index (χ2n) is 4.05. The van der Waals surface area contributed by atoms with E-state index in [0.717, 1.165) is 11.1 Å². The lowest BCUT2D eigenvalue weighted by Gasteiger charge is -2.06. The molecule has 0 radical (unpaired) electrons. The third kappa shape index (κ3) is 4.67. The SMILES string of the molecule is CCOC(=O)/C(=C\c1ccc(C)cc1)C(=O)COC. The topological polar surface area (TPSA) is 52.6 Å². The fourth-order valence-corrected chi connectivity index (χ4v) is 1.50. The highest BCUT2D eigenvalue weighted by molar-refractivity contribution is 6.21. The number of esters is 1. The maximum atomic E-state index is 11.8. The number of Topliss-reactive ketones (excluding diaryl/α,β-unsaturated/α-hetero) is 1. The number of ether oxygens (including phenoxy) is 2. The van der Waals surface area contributed by atoms with Crippen LogP contribution in [0.2, 0.25) is 0 Å². The minimum atomic E-state index is -0.620. The van der Waals surface area contributed by atoms with E-state index in [2.05, 4.69) is 0 Å². The Labute approximate surface area is 113 Å². The molecule has 0 atom stereocenters. The Morgan fingerprint density at radius 3 is 2.37 bits per heavy atom. The van der Waals surface area contributed by atoms with Crippen LogP contribution in [0.4, 0.5) is 0 Å². The molecule has 102 valence electrons. The van der Waals surface area contributed by atoms with Crippen molar-refractivity contribution in [3.8, 4) is 0 Å². The predicted octanol–water partition coefficient (Wildman–Crippen LogP) is 2.16. The lowest BCUT2D eigenvalue weighted by atomic mass is 10.1. The standard InChI is InChI=1S/C15H18O4/c1-4-19-15(17)13(14(16)10-18-3)9-12-7-5-11(2)6-8-12/h5-9H,4,10H2,1-3H3/b13-9-. The number of rotatable bonds is 6. The van der Waals surface area contributed by atoms with Gasteiger partial charge in [0.2, 0.25) is 0 Å². The molecular weight excluding hydrogens is 244 g/mol. The van der Waals surface area contributed by atoms with Crippen molar-refractivity contribution in [2.24, 2.45) is 0 Å². The maximum Gasteiger partial charge on any atom is 0.341 e. The second-order valence-corrected chi connectivity index (χ2v) is 4.05.